The van der Waals surface area contributed by atoms with Crippen molar-refractivity contribution in [3.63, 3.8) is 0 Å². The molecule has 1 atom stereocenters. The number of fused-ring (bicyclic) bond motifs is 1. The maximum Gasteiger partial charge on any atom is 0.250 e. The molecule has 0 radical (unpaired) electrons. The second-order valence-electron chi connectivity index (χ2n) is 4.33. The van der Waals surface area contributed by atoms with E-state index in [4.69, 9.17) is 4.74 Å². The van der Waals surface area contributed by atoms with Crippen molar-refractivity contribution in [2.24, 2.45) is 0 Å². The third-order valence-corrected chi connectivity index (χ3v) is 3.03. The van der Waals surface area contributed by atoms with Crippen LogP contribution in [0.15, 0.2) is 24.4 Å². The predicted molar refractivity (Wildman–Crippen MR) is 67.4 cm³/mol. The molecule has 1 amide bonds. The van der Waals surface area contributed by atoms with Gasteiger partial charge in [-0.15, -0.1) is 10.2 Å². The molecule has 2 aromatic heterocycles. The molecule has 1 saturated heterocycles. The number of pyridine rings is 1. The van der Waals surface area contributed by atoms with Crippen LogP contribution in [0.25, 0.3) is 5.65 Å². The average molecular weight is 261 g/mol. The summed E-state index contributed by atoms with van der Waals surface area (Å²) in [6.07, 6.45) is 1.45. The molecule has 100 valence electrons. The number of ether oxygens (including phenoxy) is 1. The summed E-state index contributed by atoms with van der Waals surface area (Å²) in [6, 6.07) is 5.66. The molecule has 1 aliphatic heterocycles. The SMILES string of the molecule is O=C(NCc1nnc2ccccn12)C1CNCCO1. The highest BCUT2D eigenvalue weighted by atomic mass is 16.5. The van der Waals surface area contributed by atoms with Crippen molar-refractivity contribution in [3.8, 4) is 0 Å². The van der Waals surface area contributed by atoms with E-state index in [0.717, 1.165) is 12.2 Å². The van der Waals surface area contributed by atoms with Crippen molar-refractivity contribution in [2.75, 3.05) is 19.7 Å². The first-order valence-corrected chi connectivity index (χ1v) is 6.23. The Morgan fingerprint density at radius 2 is 2.47 bits per heavy atom. The molecule has 1 fully saturated rings. The lowest BCUT2D eigenvalue weighted by Crippen LogP contribution is -2.47. The molecule has 7 heteroatoms. The lowest BCUT2D eigenvalue weighted by molar-refractivity contribution is -0.134. The van der Waals surface area contributed by atoms with Gasteiger partial charge in [-0.3, -0.25) is 9.20 Å². The first kappa shape index (κ1) is 12.1. The predicted octanol–water partition coefficient (Wildman–Crippen LogP) is -0.666. The molecule has 0 spiro atoms. The fourth-order valence-electron chi connectivity index (χ4n) is 2.03. The van der Waals surface area contributed by atoms with Crippen molar-refractivity contribution in [1.29, 1.82) is 0 Å². The molecular formula is C12H15N5O2. The number of hydrogen-bond acceptors (Lipinski definition) is 5. The standard InChI is InChI=1S/C12H15N5O2/c18-12(9-7-13-4-6-19-9)14-8-11-16-15-10-3-1-2-5-17(10)11/h1-3,5,9,13H,4,6-8H2,(H,14,18). The number of carbonyl (C=O) groups excluding carboxylic acids is 1. The molecule has 0 bridgehead atoms. The number of carbonyl (C=O) groups is 1. The van der Waals surface area contributed by atoms with E-state index in [1.165, 1.54) is 0 Å². The van der Waals surface area contributed by atoms with Gasteiger partial charge in [0, 0.05) is 19.3 Å². The Bertz CT molecular complexity index is 576. The summed E-state index contributed by atoms with van der Waals surface area (Å²) < 4.78 is 7.23. The number of nitrogens with one attached hydrogen (secondary N) is 2. The summed E-state index contributed by atoms with van der Waals surface area (Å²) in [6.45, 7) is 2.24. The second-order valence-corrected chi connectivity index (χ2v) is 4.33. The summed E-state index contributed by atoms with van der Waals surface area (Å²) in [5, 5.41) is 14.0. The van der Waals surface area contributed by atoms with E-state index in [2.05, 4.69) is 20.8 Å². The minimum absolute atomic E-state index is 0.125. The van der Waals surface area contributed by atoms with E-state index in [0.29, 0.717) is 25.5 Å². The van der Waals surface area contributed by atoms with E-state index in [1.54, 1.807) is 0 Å². The highest BCUT2D eigenvalue weighted by Gasteiger charge is 2.21. The molecule has 1 unspecified atom stereocenters. The van der Waals surface area contributed by atoms with Crippen molar-refractivity contribution in [1.82, 2.24) is 25.2 Å². The number of aromatic nitrogens is 3. The monoisotopic (exact) mass is 261 g/mol. The topological polar surface area (TPSA) is 80.6 Å². The van der Waals surface area contributed by atoms with Crippen molar-refractivity contribution in [3.05, 3.63) is 30.2 Å². The van der Waals surface area contributed by atoms with Gasteiger partial charge in [0.15, 0.2) is 11.5 Å². The van der Waals surface area contributed by atoms with E-state index in [9.17, 15) is 4.79 Å². The van der Waals surface area contributed by atoms with Crippen LogP contribution in [0.3, 0.4) is 0 Å². The molecule has 7 nitrogen and oxygen atoms in total. The summed E-state index contributed by atoms with van der Waals surface area (Å²) in [7, 11) is 0. The van der Waals surface area contributed by atoms with Crippen LogP contribution in [-0.2, 0) is 16.1 Å². The fraction of sp³-hybridized carbons (Fsp3) is 0.417. The zero-order chi connectivity index (χ0) is 13.1. The summed E-state index contributed by atoms with van der Waals surface area (Å²) in [4.78, 5) is 11.9. The largest absolute Gasteiger partial charge is 0.366 e. The Kier molecular flexibility index (Phi) is 3.39. The Morgan fingerprint density at radius 3 is 3.32 bits per heavy atom. The summed E-state index contributed by atoms with van der Waals surface area (Å²) >= 11 is 0. The summed E-state index contributed by atoms with van der Waals surface area (Å²) in [5.74, 6) is 0.576. The molecule has 2 aromatic rings. The van der Waals surface area contributed by atoms with Crippen molar-refractivity contribution in [2.45, 2.75) is 12.6 Å². The molecular weight excluding hydrogens is 246 g/mol. The van der Waals surface area contributed by atoms with Gasteiger partial charge in [0.1, 0.15) is 6.10 Å². The Hall–Kier alpha value is -1.99. The van der Waals surface area contributed by atoms with Gasteiger partial charge in [-0.25, -0.2) is 0 Å². The molecule has 0 aromatic carbocycles. The zero-order valence-corrected chi connectivity index (χ0v) is 10.4. The van der Waals surface area contributed by atoms with Gasteiger partial charge in [0.05, 0.1) is 13.2 Å². The van der Waals surface area contributed by atoms with Gasteiger partial charge in [0.2, 0.25) is 0 Å². The smallest absolute Gasteiger partial charge is 0.250 e. The van der Waals surface area contributed by atoms with Crippen LogP contribution in [0.1, 0.15) is 5.82 Å². The third kappa shape index (κ3) is 2.56. The third-order valence-electron chi connectivity index (χ3n) is 3.03. The fourth-order valence-corrected chi connectivity index (χ4v) is 2.03. The first-order valence-electron chi connectivity index (χ1n) is 6.23. The van der Waals surface area contributed by atoms with Gasteiger partial charge >= 0.3 is 0 Å². The Morgan fingerprint density at radius 1 is 1.53 bits per heavy atom. The minimum Gasteiger partial charge on any atom is -0.366 e. The normalized spacial score (nSPS) is 19.5. The highest BCUT2D eigenvalue weighted by molar-refractivity contribution is 5.81. The van der Waals surface area contributed by atoms with Crippen molar-refractivity contribution < 1.29 is 9.53 Å². The van der Waals surface area contributed by atoms with Crippen LogP contribution in [0.2, 0.25) is 0 Å². The quantitative estimate of drug-likeness (QED) is 0.766. The van der Waals surface area contributed by atoms with Crippen molar-refractivity contribution >= 4 is 11.6 Å². The maximum absolute atomic E-state index is 11.9. The highest BCUT2D eigenvalue weighted by Crippen LogP contribution is 2.03. The van der Waals surface area contributed by atoms with Crippen LogP contribution in [-0.4, -0.2) is 46.3 Å². The van der Waals surface area contributed by atoms with E-state index in [1.807, 2.05) is 28.8 Å². The molecule has 19 heavy (non-hydrogen) atoms. The van der Waals surface area contributed by atoms with E-state index in [-0.39, 0.29) is 5.91 Å². The molecule has 3 rings (SSSR count). The maximum atomic E-state index is 11.9. The molecule has 0 saturated carbocycles. The van der Waals surface area contributed by atoms with E-state index >= 15 is 0 Å². The van der Waals surface area contributed by atoms with Crippen LogP contribution >= 0.6 is 0 Å². The molecule has 3 heterocycles. The Balaban J connectivity index is 1.64. The Labute approximate surface area is 110 Å². The van der Waals surface area contributed by atoms with Crippen LogP contribution < -0.4 is 10.6 Å². The van der Waals surface area contributed by atoms with Crippen LogP contribution in [0.5, 0.6) is 0 Å². The van der Waals surface area contributed by atoms with Crippen LogP contribution in [0, 0.1) is 0 Å². The second kappa shape index (κ2) is 5.33. The average Bonchev–Trinajstić information content (AvgIpc) is 2.89. The van der Waals surface area contributed by atoms with Gasteiger partial charge < -0.3 is 15.4 Å². The lowest BCUT2D eigenvalue weighted by Gasteiger charge is -2.22. The first-order chi connectivity index (χ1) is 9.34. The number of morpholine rings is 1. The minimum atomic E-state index is -0.423. The van der Waals surface area contributed by atoms with E-state index < -0.39 is 6.10 Å². The van der Waals surface area contributed by atoms with Gasteiger partial charge in [-0.2, -0.15) is 0 Å². The lowest BCUT2D eigenvalue weighted by atomic mass is 10.3. The number of amides is 1. The molecule has 1 aliphatic rings. The van der Waals surface area contributed by atoms with Gasteiger partial charge in [0.25, 0.3) is 5.91 Å². The van der Waals surface area contributed by atoms with Crippen LogP contribution in [0.4, 0.5) is 0 Å². The summed E-state index contributed by atoms with van der Waals surface area (Å²) in [5.41, 5.74) is 0.766. The molecule has 2 N–H and O–H groups in total. The van der Waals surface area contributed by atoms with Gasteiger partial charge in [-0.1, -0.05) is 6.07 Å². The molecule has 0 aliphatic carbocycles. The van der Waals surface area contributed by atoms with Gasteiger partial charge in [-0.05, 0) is 12.1 Å². The zero-order valence-electron chi connectivity index (χ0n) is 10.4. The number of rotatable bonds is 3. The number of hydrogen-bond donors (Lipinski definition) is 2. The number of nitrogens with zero attached hydrogens (tertiary/aromatic N) is 3.